The van der Waals surface area contributed by atoms with E-state index in [0.29, 0.717) is 6.54 Å². The van der Waals surface area contributed by atoms with Crippen LogP contribution in [0, 0.1) is 6.92 Å². The zero-order chi connectivity index (χ0) is 13.7. The summed E-state index contributed by atoms with van der Waals surface area (Å²) in [6.07, 6.45) is 1.15. The monoisotopic (exact) mass is 261 g/mol. The van der Waals surface area contributed by atoms with E-state index in [1.165, 1.54) is 11.1 Å². The molecule has 0 atom stereocenters. The van der Waals surface area contributed by atoms with Gasteiger partial charge in [-0.15, -0.1) is 0 Å². The van der Waals surface area contributed by atoms with Crippen molar-refractivity contribution in [1.82, 2.24) is 10.6 Å². The van der Waals surface area contributed by atoms with Crippen LogP contribution >= 0.6 is 0 Å². The Morgan fingerprint density at radius 2 is 2.26 bits per heavy atom. The minimum atomic E-state index is 0.109. The number of anilines is 1. The SMILES string of the molecule is CCCNCc1ccc(N2CCNC(=O)C2)cc1C. The maximum Gasteiger partial charge on any atom is 0.239 e. The molecule has 0 unspecified atom stereocenters. The second kappa shape index (κ2) is 6.57. The summed E-state index contributed by atoms with van der Waals surface area (Å²) in [6.45, 7) is 8.36. The number of hydrogen-bond acceptors (Lipinski definition) is 3. The number of nitrogens with zero attached hydrogens (tertiary/aromatic N) is 1. The molecule has 2 rings (SSSR count). The lowest BCUT2D eigenvalue weighted by molar-refractivity contribution is -0.120. The van der Waals surface area contributed by atoms with Crippen LogP contribution in [0.5, 0.6) is 0 Å². The van der Waals surface area contributed by atoms with Gasteiger partial charge in [-0.3, -0.25) is 4.79 Å². The molecule has 1 fully saturated rings. The lowest BCUT2D eigenvalue weighted by Crippen LogP contribution is -2.47. The van der Waals surface area contributed by atoms with E-state index in [9.17, 15) is 4.79 Å². The van der Waals surface area contributed by atoms with Gasteiger partial charge in [0.15, 0.2) is 0 Å². The number of carbonyl (C=O) groups is 1. The second-order valence-electron chi connectivity index (χ2n) is 5.06. The molecule has 1 aliphatic rings. The van der Waals surface area contributed by atoms with Crippen molar-refractivity contribution in [2.45, 2.75) is 26.8 Å². The van der Waals surface area contributed by atoms with Gasteiger partial charge in [-0.05, 0) is 43.1 Å². The molecule has 19 heavy (non-hydrogen) atoms. The van der Waals surface area contributed by atoms with E-state index in [2.05, 4.69) is 47.6 Å². The van der Waals surface area contributed by atoms with Crippen LogP contribution in [-0.4, -0.2) is 32.1 Å². The van der Waals surface area contributed by atoms with Crippen molar-refractivity contribution in [3.63, 3.8) is 0 Å². The van der Waals surface area contributed by atoms with E-state index in [0.717, 1.165) is 38.3 Å². The number of hydrogen-bond donors (Lipinski definition) is 2. The topological polar surface area (TPSA) is 44.4 Å². The smallest absolute Gasteiger partial charge is 0.239 e. The quantitative estimate of drug-likeness (QED) is 0.788. The van der Waals surface area contributed by atoms with Crippen molar-refractivity contribution in [3.8, 4) is 0 Å². The highest BCUT2D eigenvalue weighted by Gasteiger charge is 2.16. The molecule has 0 bridgehead atoms. The highest BCUT2D eigenvalue weighted by atomic mass is 16.2. The van der Waals surface area contributed by atoms with E-state index in [4.69, 9.17) is 0 Å². The fourth-order valence-electron chi connectivity index (χ4n) is 2.33. The Kier molecular flexibility index (Phi) is 4.80. The normalized spacial score (nSPS) is 15.5. The molecule has 0 radical (unpaired) electrons. The van der Waals surface area contributed by atoms with E-state index in [-0.39, 0.29) is 5.91 Å². The summed E-state index contributed by atoms with van der Waals surface area (Å²) in [7, 11) is 0. The summed E-state index contributed by atoms with van der Waals surface area (Å²) in [6, 6.07) is 6.47. The zero-order valence-electron chi connectivity index (χ0n) is 11.8. The van der Waals surface area contributed by atoms with Crippen molar-refractivity contribution in [1.29, 1.82) is 0 Å². The molecular formula is C15H23N3O. The number of rotatable bonds is 5. The first-order chi connectivity index (χ1) is 9.20. The summed E-state index contributed by atoms with van der Waals surface area (Å²) >= 11 is 0. The molecule has 1 heterocycles. The van der Waals surface area contributed by atoms with Crippen LogP contribution in [0.15, 0.2) is 18.2 Å². The van der Waals surface area contributed by atoms with Gasteiger partial charge in [-0.1, -0.05) is 13.0 Å². The molecule has 2 N–H and O–H groups in total. The van der Waals surface area contributed by atoms with Gasteiger partial charge in [0.05, 0.1) is 6.54 Å². The summed E-state index contributed by atoms with van der Waals surface area (Å²) in [5, 5.41) is 6.27. The van der Waals surface area contributed by atoms with Crippen molar-refractivity contribution in [2.75, 3.05) is 31.1 Å². The van der Waals surface area contributed by atoms with Crippen LogP contribution in [0.1, 0.15) is 24.5 Å². The van der Waals surface area contributed by atoms with Crippen LogP contribution < -0.4 is 15.5 Å². The first kappa shape index (κ1) is 13.9. The fourth-order valence-corrected chi connectivity index (χ4v) is 2.33. The number of piperazine rings is 1. The van der Waals surface area contributed by atoms with Gasteiger partial charge in [-0.25, -0.2) is 0 Å². The second-order valence-corrected chi connectivity index (χ2v) is 5.06. The molecule has 104 valence electrons. The number of amides is 1. The van der Waals surface area contributed by atoms with Crippen LogP contribution in [-0.2, 0) is 11.3 Å². The predicted molar refractivity (Wildman–Crippen MR) is 78.4 cm³/mol. The van der Waals surface area contributed by atoms with Gasteiger partial charge >= 0.3 is 0 Å². The molecule has 1 aromatic rings. The first-order valence-corrected chi connectivity index (χ1v) is 7.02. The lowest BCUT2D eigenvalue weighted by atomic mass is 10.1. The maximum absolute atomic E-state index is 11.4. The van der Waals surface area contributed by atoms with Gasteiger partial charge in [-0.2, -0.15) is 0 Å². The Hall–Kier alpha value is -1.55. The fraction of sp³-hybridized carbons (Fsp3) is 0.533. The Labute approximate surface area is 115 Å². The minimum absolute atomic E-state index is 0.109. The van der Waals surface area contributed by atoms with Gasteiger partial charge in [0, 0.05) is 25.3 Å². The van der Waals surface area contributed by atoms with Gasteiger partial charge in [0.1, 0.15) is 0 Å². The number of carbonyl (C=O) groups excluding carboxylic acids is 1. The summed E-state index contributed by atoms with van der Waals surface area (Å²) in [4.78, 5) is 13.5. The largest absolute Gasteiger partial charge is 0.360 e. The third-order valence-electron chi connectivity index (χ3n) is 3.47. The van der Waals surface area contributed by atoms with Gasteiger partial charge < -0.3 is 15.5 Å². The van der Waals surface area contributed by atoms with E-state index in [1.807, 2.05) is 0 Å². The standard InChI is InChI=1S/C15H23N3O/c1-3-6-16-10-13-4-5-14(9-12(13)2)18-8-7-17-15(19)11-18/h4-5,9,16H,3,6-8,10-11H2,1-2H3,(H,17,19). The third-order valence-corrected chi connectivity index (χ3v) is 3.47. The Balaban J connectivity index is 2.03. The molecule has 0 aromatic heterocycles. The zero-order valence-corrected chi connectivity index (χ0v) is 11.8. The number of aryl methyl sites for hydroxylation is 1. The number of nitrogens with one attached hydrogen (secondary N) is 2. The molecule has 1 aromatic carbocycles. The Bertz CT molecular complexity index is 445. The van der Waals surface area contributed by atoms with Crippen molar-refractivity contribution >= 4 is 11.6 Å². The third kappa shape index (κ3) is 3.70. The highest BCUT2D eigenvalue weighted by molar-refractivity contribution is 5.82. The van der Waals surface area contributed by atoms with Crippen LogP contribution in [0.2, 0.25) is 0 Å². The van der Waals surface area contributed by atoms with E-state index >= 15 is 0 Å². The molecule has 1 amide bonds. The predicted octanol–water partition coefficient (Wildman–Crippen LogP) is 1.43. The average Bonchev–Trinajstić information content (AvgIpc) is 2.41. The van der Waals surface area contributed by atoms with Gasteiger partial charge in [0.2, 0.25) is 5.91 Å². The van der Waals surface area contributed by atoms with Crippen LogP contribution in [0.4, 0.5) is 5.69 Å². The molecule has 1 saturated heterocycles. The maximum atomic E-state index is 11.4. The molecule has 0 saturated carbocycles. The summed E-state index contributed by atoms with van der Waals surface area (Å²) in [5.41, 5.74) is 3.76. The van der Waals surface area contributed by atoms with E-state index in [1.54, 1.807) is 0 Å². The van der Waals surface area contributed by atoms with E-state index < -0.39 is 0 Å². The Morgan fingerprint density at radius 1 is 1.42 bits per heavy atom. The summed E-state index contributed by atoms with van der Waals surface area (Å²) in [5.74, 6) is 0.109. The Morgan fingerprint density at radius 3 is 2.95 bits per heavy atom. The first-order valence-electron chi connectivity index (χ1n) is 7.02. The average molecular weight is 261 g/mol. The molecule has 1 aliphatic heterocycles. The highest BCUT2D eigenvalue weighted by Crippen LogP contribution is 2.19. The lowest BCUT2D eigenvalue weighted by Gasteiger charge is -2.29. The molecule has 4 nitrogen and oxygen atoms in total. The van der Waals surface area contributed by atoms with Gasteiger partial charge in [0.25, 0.3) is 0 Å². The number of benzene rings is 1. The van der Waals surface area contributed by atoms with Crippen LogP contribution in [0.25, 0.3) is 0 Å². The minimum Gasteiger partial charge on any atom is -0.360 e. The molecule has 0 spiro atoms. The van der Waals surface area contributed by atoms with Crippen molar-refractivity contribution in [2.24, 2.45) is 0 Å². The van der Waals surface area contributed by atoms with Crippen molar-refractivity contribution < 1.29 is 4.79 Å². The summed E-state index contributed by atoms with van der Waals surface area (Å²) < 4.78 is 0. The molecule has 0 aliphatic carbocycles. The molecule has 4 heteroatoms. The van der Waals surface area contributed by atoms with Crippen LogP contribution in [0.3, 0.4) is 0 Å². The van der Waals surface area contributed by atoms with Crippen molar-refractivity contribution in [3.05, 3.63) is 29.3 Å². The molecular weight excluding hydrogens is 238 g/mol.